The summed E-state index contributed by atoms with van der Waals surface area (Å²) in [6, 6.07) is 0. The third-order valence-electron chi connectivity index (χ3n) is 2.69. The van der Waals surface area contributed by atoms with Crippen LogP contribution in [0.3, 0.4) is 0 Å². The van der Waals surface area contributed by atoms with Crippen molar-refractivity contribution in [2.75, 3.05) is 18.1 Å². The molecule has 0 radical (unpaired) electrons. The number of rotatable bonds is 3. The number of hydrogen-bond acceptors (Lipinski definition) is 3. The van der Waals surface area contributed by atoms with Crippen LogP contribution in [-0.2, 0) is 6.42 Å². The Morgan fingerprint density at radius 1 is 1.50 bits per heavy atom. The van der Waals surface area contributed by atoms with Crippen LogP contribution in [0, 0.1) is 0 Å². The molecule has 0 spiro atoms. The summed E-state index contributed by atoms with van der Waals surface area (Å²) in [6.07, 6.45) is 5.43. The van der Waals surface area contributed by atoms with Crippen molar-refractivity contribution < 1.29 is 0 Å². The lowest BCUT2D eigenvalue weighted by Crippen LogP contribution is -2.08. The molecule has 3 nitrogen and oxygen atoms in total. The third kappa shape index (κ3) is 2.30. The van der Waals surface area contributed by atoms with Crippen LogP contribution in [-0.4, -0.2) is 28.0 Å². The van der Waals surface area contributed by atoms with Crippen LogP contribution in [0.25, 0.3) is 0 Å². The number of aromatic nitrogens is 2. The SMILES string of the molecule is NCCc1ncc(C2CCSCC2)[nH]1. The molecule has 1 aliphatic rings. The van der Waals surface area contributed by atoms with Crippen LogP contribution >= 0.6 is 11.8 Å². The summed E-state index contributed by atoms with van der Waals surface area (Å²) >= 11 is 2.06. The van der Waals surface area contributed by atoms with Crippen LogP contribution in [0.4, 0.5) is 0 Å². The van der Waals surface area contributed by atoms with Crippen LogP contribution in [0.2, 0.25) is 0 Å². The van der Waals surface area contributed by atoms with Crippen LogP contribution in [0.1, 0.15) is 30.3 Å². The number of nitrogens with one attached hydrogen (secondary N) is 1. The summed E-state index contributed by atoms with van der Waals surface area (Å²) in [6.45, 7) is 0.674. The highest BCUT2D eigenvalue weighted by atomic mass is 32.2. The molecule has 1 aromatic heterocycles. The summed E-state index contributed by atoms with van der Waals surface area (Å²) in [5.41, 5.74) is 6.80. The summed E-state index contributed by atoms with van der Waals surface area (Å²) in [7, 11) is 0. The number of aromatic amines is 1. The van der Waals surface area contributed by atoms with Gasteiger partial charge in [-0.15, -0.1) is 0 Å². The van der Waals surface area contributed by atoms with Crippen molar-refractivity contribution in [1.82, 2.24) is 9.97 Å². The second-order valence-corrected chi connectivity index (χ2v) is 4.94. The predicted molar refractivity (Wildman–Crippen MR) is 60.6 cm³/mol. The highest BCUT2D eigenvalue weighted by Crippen LogP contribution is 2.30. The molecule has 2 heterocycles. The topological polar surface area (TPSA) is 54.7 Å². The van der Waals surface area contributed by atoms with E-state index < -0.39 is 0 Å². The summed E-state index contributed by atoms with van der Waals surface area (Å²) in [5, 5.41) is 0. The molecule has 0 saturated carbocycles. The first-order valence-electron chi connectivity index (χ1n) is 5.21. The molecule has 1 aliphatic heterocycles. The molecule has 0 aromatic carbocycles. The van der Waals surface area contributed by atoms with Crippen molar-refractivity contribution in [2.45, 2.75) is 25.2 Å². The van der Waals surface area contributed by atoms with Gasteiger partial charge in [0.15, 0.2) is 0 Å². The fourth-order valence-electron chi connectivity index (χ4n) is 1.86. The summed E-state index contributed by atoms with van der Waals surface area (Å²) < 4.78 is 0. The van der Waals surface area contributed by atoms with E-state index in [-0.39, 0.29) is 0 Å². The molecule has 0 amide bonds. The molecule has 3 N–H and O–H groups in total. The van der Waals surface area contributed by atoms with E-state index in [0.717, 1.165) is 12.2 Å². The number of hydrogen-bond donors (Lipinski definition) is 2. The fourth-order valence-corrected chi connectivity index (χ4v) is 2.96. The Balaban J connectivity index is 2.00. The Kier molecular flexibility index (Phi) is 3.48. The maximum Gasteiger partial charge on any atom is 0.107 e. The van der Waals surface area contributed by atoms with E-state index in [2.05, 4.69) is 21.7 Å². The minimum absolute atomic E-state index is 0.674. The molecule has 0 unspecified atom stereocenters. The third-order valence-corrected chi connectivity index (χ3v) is 3.74. The molecule has 2 rings (SSSR count). The molecule has 1 saturated heterocycles. The molecule has 0 aliphatic carbocycles. The largest absolute Gasteiger partial charge is 0.346 e. The first-order chi connectivity index (χ1) is 6.90. The van der Waals surface area contributed by atoms with Gasteiger partial charge in [0, 0.05) is 24.2 Å². The summed E-state index contributed by atoms with van der Waals surface area (Å²) in [5.74, 6) is 4.32. The molecule has 1 aromatic rings. The second-order valence-electron chi connectivity index (χ2n) is 3.71. The van der Waals surface area contributed by atoms with Gasteiger partial charge in [0.1, 0.15) is 5.82 Å². The normalized spacial score (nSPS) is 18.6. The second kappa shape index (κ2) is 4.84. The van der Waals surface area contributed by atoms with E-state index in [4.69, 9.17) is 5.73 Å². The molecule has 4 heteroatoms. The van der Waals surface area contributed by atoms with E-state index in [1.54, 1.807) is 0 Å². The number of nitrogens with zero attached hydrogens (tertiary/aromatic N) is 1. The number of nitrogens with two attached hydrogens (primary N) is 1. The highest BCUT2D eigenvalue weighted by Gasteiger charge is 2.17. The van der Waals surface area contributed by atoms with Gasteiger partial charge in [-0.2, -0.15) is 11.8 Å². The van der Waals surface area contributed by atoms with E-state index >= 15 is 0 Å². The Bertz CT molecular complexity index is 279. The Morgan fingerprint density at radius 2 is 2.29 bits per heavy atom. The number of thioether (sulfide) groups is 1. The predicted octanol–water partition coefficient (Wildman–Crippen LogP) is 1.52. The van der Waals surface area contributed by atoms with Gasteiger partial charge in [-0.3, -0.25) is 0 Å². The standard InChI is InChI=1S/C10H17N3S/c11-4-1-10-12-7-9(13-10)8-2-5-14-6-3-8/h7-8H,1-6,11H2,(H,12,13). The number of H-pyrrole nitrogens is 1. The van der Waals surface area contributed by atoms with Crippen molar-refractivity contribution in [3.63, 3.8) is 0 Å². The lowest BCUT2D eigenvalue weighted by atomic mass is 10.00. The molecular formula is C10H17N3S. The van der Waals surface area contributed by atoms with Crippen molar-refractivity contribution in [3.05, 3.63) is 17.7 Å². The molecule has 1 fully saturated rings. The smallest absolute Gasteiger partial charge is 0.107 e. The van der Waals surface area contributed by atoms with Gasteiger partial charge in [0.05, 0.1) is 0 Å². The fraction of sp³-hybridized carbons (Fsp3) is 0.700. The zero-order chi connectivity index (χ0) is 9.80. The van der Waals surface area contributed by atoms with Gasteiger partial charge in [-0.05, 0) is 30.9 Å². The number of imidazole rings is 1. The monoisotopic (exact) mass is 211 g/mol. The Hall–Kier alpha value is -0.480. The first-order valence-corrected chi connectivity index (χ1v) is 6.37. The Morgan fingerprint density at radius 3 is 3.00 bits per heavy atom. The van der Waals surface area contributed by atoms with Gasteiger partial charge in [-0.1, -0.05) is 0 Å². The molecule has 0 bridgehead atoms. The van der Waals surface area contributed by atoms with Crippen LogP contribution < -0.4 is 5.73 Å². The van der Waals surface area contributed by atoms with Crippen molar-refractivity contribution in [2.24, 2.45) is 5.73 Å². The maximum atomic E-state index is 5.48. The maximum absolute atomic E-state index is 5.48. The van der Waals surface area contributed by atoms with E-state index in [1.165, 1.54) is 30.0 Å². The van der Waals surface area contributed by atoms with E-state index in [0.29, 0.717) is 12.5 Å². The lowest BCUT2D eigenvalue weighted by Gasteiger charge is -2.19. The molecule has 78 valence electrons. The van der Waals surface area contributed by atoms with Crippen molar-refractivity contribution in [1.29, 1.82) is 0 Å². The zero-order valence-corrected chi connectivity index (χ0v) is 9.15. The zero-order valence-electron chi connectivity index (χ0n) is 8.33. The van der Waals surface area contributed by atoms with Crippen LogP contribution in [0.15, 0.2) is 6.20 Å². The van der Waals surface area contributed by atoms with Crippen LogP contribution in [0.5, 0.6) is 0 Å². The van der Waals surface area contributed by atoms with Crippen molar-refractivity contribution >= 4 is 11.8 Å². The highest BCUT2D eigenvalue weighted by molar-refractivity contribution is 7.99. The molecule has 14 heavy (non-hydrogen) atoms. The summed E-state index contributed by atoms with van der Waals surface area (Å²) in [4.78, 5) is 7.72. The Labute approximate surface area is 88.9 Å². The van der Waals surface area contributed by atoms with Gasteiger partial charge in [0.25, 0.3) is 0 Å². The van der Waals surface area contributed by atoms with E-state index in [9.17, 15) is 0 Å². The minimum atomic E-state index is 0.674. The first kappa shape index (κ1) is 10.1. The lowest BCUT2D eigenvalue weighted by molar-refractivity contribution is 0.620. The van der Waals surface area contributed by atoms with Gasteiger partial charge in [-0.25, -0.2) is 4.98 Å². The average Bonchev–Trinajstić information content (AvgIpc) is 2.68. The molecular weight excluding hydrogens is 194 g/mol. The quantitative estimate of drug-likeness (QED) is 0.797. The van der Waals surface area contributed by atoms with E-state index in [1.807, 2.05) is 6.20 Å². The van der Waals surface area contributed by atoms with Gasteiger partial charge < -0.3 is 10.7 Å². The van der Waals surface area contributed by atoms with Gasteiger partial charge >= 0.3 is 0 Å². The van der Waals surface area contributed by atoms with Crippen molar-refractivity contribution in [3.8, 4) is 0 Å². The van der Waals surface area contributed by atoms with Gasteiger partial charge in [0.2, 0.25) is 0 Å². The minimum Gasteiger partial charge on any atom is -0.346 e. The molecule has 0 atom stereocenters. The average molecular weight is 211 g/mol.